The van der Waals surface area contributed by atoms with Gasteiger partial charge in [-0.1, -0.05) is 6.92 Å². The zero-order valence-electron chi connectivity index (χ0n) is 9.42. The molecule has 0 fully saturated rings. The van der Waals surface area contributed by atoms with E-state index >= 15 is 0 Å². The monoisotopic (exact) mass is 203 g/mol. The lowest BCUT2D eigenvalue weighted by atomic mass is 10.1. The quantitative estimate of drug-likeness (QED) is 0.704. The van der Waals surface area contributed by atoms with Gasteiger partial charge in [0.05, 0.1) is 0 Å². The first-order chi connectivity index (χ1) is 7.22. The number of ketones is 1. The summed E-state index contributed by atoms with van der Waals surface area (Å²) < 4.78 is 0. The molecule has 0 saturated heterocycles. The van der Waals surface area contributed by atoms with Crippen LogP contribution in [-0.4, -0.2) is 18.9 Å². The molecule has 0 aromatic heterocycles. The van der Waals surface area contributed by atoms with Crippen LogP contribution in [0.1, 0.15) is 36.2 Å². The molecule has 0 unspecified atom stereocenters. The highest BCUT2D eigenvalue weighted by molar-refractivity contribution is 5.94. The Labute approximate surface area is 90.9 Å². The number of hydrogen-bond donors (Lipinski definition) is 0. The maximum absolute atomic E-state index is 11.2. The van der Waals surface area contributed by atoms with E-state index in [4.69, 9.17) is 0 Å². The summed E-state index contributed by atoms with van der Waals surface area (Å²) in [6.07, 6.45) is 2.25. The third kappa shape index (κ3) is 1.89. The van der Waals surface area contributed by atoms with Gasteiger partial charge in [0.15, 0.2) is 5.78 Å². The SMILES string of the molecule is CCCN1CCc2cc(C(C)=O)ccc21. The number of carbonyl (C=O) groups excluding carboxylic acids is 1. The maximum Gasteiger partial charge on any atom is 0.159 e. The van der Waals surface area contributed by atoms with Crippen molar-refractivity contribution in [3.63, 3.8) is 0 Å². The molecule has 2 rings (SSSR count). The van der Waals surface area contributed by atoms with Crippen molar-refractivity contribution in [2.24, 2.45) is 0 Å². The van der Waals surface area contributed by atoms with Crippen LogP contribution in [0.3, 0.4) is 0 Å². The molecule has 0 atom stereocenters. The van der Waals surface area contributed by atoms with Crippen LogP contribution in [0.4, 0.5) is 5.69 Å². The Balaban J connectivity index is 2.29. The van der Waals surface area contributed by atoms with E-state index in [0.29, 0.717) is 0 Å². The molecule has 0 saturated carbocycles. The van der Waals surface area contributed by atoms with Crippen LogP contribution in [0, 0.1) is 0 Å². The summed E-state index contributed by atoms with van der Waals surface area (Å²) in [6.45, 7) is 6.04. The molecule has 1 heterocycles. The van der Waals surface area contributed by atoms with E-state index in [1.807, 2.05) is 12.1 Å². The van der Waals surface area contributed by atoms with Crippen LogP contribution in [0.15, 0.2) is 18.2 Å². The first kappa shape index (κ1) is 10.2. The fraction of sp³-hybridized carbons (Fsp3) is 0.462. The maximum atomic E-state index is 11.2. The Hall–Kier alpha value is -1.31. The van der Waals surface area contributed by atoms with Crippen LogP contribution in [0.25, 0.3) is 0 Å². The molecule has 0 amide bonds. The van der Waals surface area contributed by atoms with Crippen molar-refractivity contribution in [1.29, 1.82) is 0 Å². The fourth-order valence-corrected chi connectivity index (χ4v) is 2.19. The van der Waals surface area contributed by atoms with Crippen molar-refractivity contribution in [3.8, 4) is 0 Å². The van der Waals surface area contributed by atoms with Gasteiger partial charge in [0, 0.05) is 24.3 Å². The zero-order valence-corrected chi connectivity index (χ0v) is 9.42. The van der Waals surface area contributed by atoms with Crippen molar-refractivity contribution in [2.45, 2.75) is 26.7 Å². The highest BCUT2D eigenvalue weighted by atomic mass is 16.1. The van der Waals surface area contributed by atoms with Crippen molar-refractivity contribution in [1.82, 2.24) is 0 Å². The zero-order chi connectivity index (χ0) is 10.8. The Bertz CT molecular complexity index is 384. The van der Waals surface area contributed by atoms with E-state index in [9.17, 15) is 4.79 Å². The fourth-order valence-electron chi connectivity index (χ4n) is 2.19. The van der Waals surface area contributed by atoms with Gasteiger partial charge in [0.2, 0.25) is 0 Å². The first-order valence-electron chi connectivity index (χ1n) is 5.61. The second-order valence-corrected chi connectivity index (χ2v) is 4.14. The van der Waals surface area contributed by atoms with Crippen LogP contribution in [-0.2, 0) is 6.42 Å². The molecule has 0 spiro atoms. The molecule has 1 aliphatic heterocycles. The number of nitrogens with zero attached hydrogens (tertiary/aromatic N) is 1. The second kappa shape index (κ2) is 4.05. The predicted molar refractivity (Wildman–Crippen MR) is 62.7 cm³/mol. The van der Waals surface area contributed by atoms with Crippen molar-refractivity contribution in [2.75, 3.05) is 18.0 Å². The number of rotatable bonds is 3. The lowest BCUT2D eigenvalue weighted by Gasteiger charge is -2.18. The van der Waals surface area contributed by atoms with Gasteiger partial charge in [-0.05, 0) is 43.5 Å². The van der Waals surface area contributed by atoms with Gasteiger partial charge in [-0.15, -0.1) is 0 Å². The molecule has 0 bridgehead atoms. The first-order valence-corrected chi connectivity index (χ1v) is 5.61. The minimum atomic E-state index is 0.159. The smallest absolute Gasteiger partial charge is 0.159 e. The standard InChI is InChI=1S/C13H17NO/c1-3-7-14-8-6-12-9-11(10(2)15)4-5-13(12)14/h4-5,9H,3,6-8H2,1-2H3. The topological polar surface area (TPSA) is 20.3 Å². The molecule has 15 heavy (non-hydrogen) atoms. The highest BCUT2D eigenvalue weighted by Gasteiger charge is 2.18. The summed E-state index contributed by atoms with van der Waals surface area (Å²) in [4.78, 5) is 13.6. The largest absolute Gasteiger partial charge is 0.371 e. The summed E-state index contributed by atoms with van der Waals surface area (Å²) in [5.41, 5.74) is 3.49. The third-order valence-corrected chi connectivity index (χ3v) is 2.97. The van der Waals surface area contributed by atoms with Crippen LogP contribution >= 0.6 is 0 Å². The molecule has 0 N–H and O–H groups in total. The normalized spacial score (nSPS) is 14.1. The molecule has 2 heteroatoms. The molecule has 1 aromatic carbocycles. The Morgan fingerprint density at radius 2 is 2.27 bits per heavy atom. The molecule has 80 valence electrons. The summed E-state index contributed by atoms with van der Waals surface area (Å²) in [5, 5.41) is 0. The Morgan fingerprint density at radius 3 is 2.93 bits per heavy atom. The van der Waals surface area contributed by atoms with Crippen molar-refractivity contribution >= 4 is 11.5 Å². The minimum absolute atomic E-state index is 0.159. The summed E-state index contributed by atoms with van der Waals surface area (Å²) in [6, 6.07) is 6.08. The number of hydrogen-bond acceptors (Lipinski definition) is 2. The van der Waals surface area contributed by atoms with Crippen molar-refractivity contribution in [3.05, 3.63) is 29.3 Å². The third-order valence-electron chi connectivity index (χ3n) is 2.97. The average molecular weight is 203 g/mol. The molecular formula is C13H17NO. The van der Waals surface area contributed by atoms with Gasteiger partial charge in [-0.2, -0.15) is 0 Å². The Kier molecular flexibility index (Phi) is 2.76. The van der Waals surface area contributed by atoms with Gasteiger partial charge in [0.1, 0.15) is 0 Å². The van der Waals surface area contributed by atoms with Crippen LogP contribution in [0.2, 0.25) is 0 Å². The van der Waals surface area contributed by atoms with Gasteiger partial charge >= 0.3 is 0 Å². The lowest BCUT2D eigenvalue weighted by Crippen LogP contribution is -2.20. The molecule has 1 aromatic rings. The minimum Gasteiger partial charge on any atom is -0.371 e. The molecule has 1 aliphatic rings. The number of anilines is 1. The molecule has 0 aliphatic carbocycles. The predicted octanol–water partition coefficient (Wildman–Crippen LogP) is 2.66. The van der Waals surface area contributed by atoms with Gasteiger partial charge < -0.3 is 4.90 Å². The molecular weight excluding hydrogens is 186 g/mol. The van der Waals surface area contributed by atoms with Crippen LogP contribution < -0.4 is 4.90 Å². The van der Waals surface area contributed by atoms with E-state index in [2.05, 4.69) is 17.9 Å². The number of Topliss-reactive ketones (excluding diaryl/α,β-unsaturated/α-hetero) is 1. The average Bonchev–Trinajstić information content (AvgIpc) is 2.61. The summed E-state index contributed by atoms with van der Waals surface area (Å²) in [5.74, 6) is 0.159. The van der Waals surface area contributed by atoms with Crippen molar-refractivity contribution < 1.29 is 4.79 Å². The van der Waals surface area contributed by atoms with E-state index in [-0.39, 0.29) is 5.78 Å². The number of fused-ring (bicyclic) bond motifs is 1. The van der Waals surface area contributed by atoms with E-state index in [1.165, 1.54) is 17.7 Å². The van der Waals surface area contributed by atoms with Gasteiger partial charge in [-0.3, -0.25) is 4.79 Å². The van der Waals surface area contributed by atoms with Crippen LogP contribution in [0.5, 0.6) is 0 Å². The second-order valence-electron chi connectivity index (χ2n) is 4.14. The van der Waals surface area contributed by atoms with Gasteiger partial charge in [-0.25, -0.2) is 0 Å². The highest BCUT2D eigenvalue weighted by Crippen LogP contribution is 2.28. The van der Waals surface area contributed by atoms with Gasteiger partial charge in [0.25, 0.3) is 0 Å². The lowest BCUT2D eigenvalue weighted by molar-refractivity contribution is 0.101. The van der Waals surface area contributed by atoms with E-state index < -0.39 is 0 Å². The Morgan fingerprint density at radius 1 is 1.47 bits per heavy atom. The molecule has 0 radical (unpaired) electrons. The molecule has 2 nitrogen and oxygen atoms in total. The summed E-state index contributed by atoms with van der Waals surface area (Å²) >= 11 is 0. The van der Waals surface area contributed by atoms with E-state index in [1.54, 1.807) is 6.92 Å². The number of carbonyl (C=O) groups is 1. The summed E-state index contributed by atoms with van der Waals surface area (Å²) in [7, 11) is 0. The number of benzene rings is 1. The van der Waals surface area contributed by atoms with E-state index in [0.717, 1.165) is 25.1 Å².